The summed E-state index contributed by atoms with van der Waals surface area (Å²) in [5, 5.41) is 10.8. The van der Waals surface area contributed by atoms with Gasteiger partial charge in [0.2, 0.25) is 5.91 Å². The summed E-state index contributed by atoms with van der Waals surface area (Å²) < 4.78 is 2.00. The van der Waals surface area contributed by atoms with Gasteiger partial charge in [-0.1, -0.05) is 0 Å². The van der Waals surface area contributed by atoms with Crippen LogP contribution in [-0.2, 0) is 11.2 Å². The van der Waals surface area contributed by atoms with Gasteiger partial charge in [0.05, 0.1) is 11.7 Å². The van der Waals surface area contributed by atoms with E-state index in [0.29, 0.717) is 18.5 Å². The standard InChI is InChI=1S/C15H26N4O/c1-4-16-15(20)14-10-12(5-7-17-14)9-13-6-8-19(18-13)11(2)3/h6,8,11-12,14,17H,4-5,7,9-10H2,1-3H3,(H,16,20). The molecule has 5 nitrogen and oxygen atoms in total. The zero-order valence-corrected chi connectivity index (χ0v) is 12.7. The first-order valence-electron chi connectivity index (χ1n) is 7.65. The molecule has 0 aliphatic carbocycles. The van der Waals surface area contributed by atoms with E-state index >= 15 is 0 Å². The van der Waals surface area contributed by atoms with Crippen molar-refractivity contribution in [2.45, 2.75) is 52.1 Å². The number of nitrogens with zero attached hydrogens (tertiary/aromatic N) is 2. The molecule has 2 rings (SSSR count). The third-order valence-corrected chi connectivity index (χ3v) is 3.87. The summed E-state index contributed by atoms with van der Waals surface area (Å²) in [4.78, 5) is 11.9. The van der Waals surface area contributed by atoms with Crippen molar-refractivity contribution >= 4 is 5.91 Å². The Hall–Kier alpha value is -1.36. The molecule has 2 N–H and O–H groups in total. The summed E-state index contributed by atoms with van der Waals surface area (Å²) in [5.41, 5.74) is 1.14. The van der Waals surface area contributed by atoms with Gasteiger partial charge in [0.25, 0.3) is 0 Å². The second-order valence-electron chi connectivity index (χ2n) is 5.88. The van der Waals surface area contributed by atoms with Gasteiger partial charge in [0, 0.05) is 18.8 Å². The van der Waals surface area contributed by atoms with E-state index in [2.05, 4.69) is 35.6 Å². The first-order valence-corrected chi connectivity index (χ1v) is 7.65. The normalized spacial score (nSPS) is 23.0. The maximum Gasteiger partial charge on any atom is 0.237 e. The molecule has 2 unspecified atom stereocenters. The Labute approximate surface area is 121 Å². The van der Waals surface area contributed by atoms with E-state index < -0.39 is 0 Å². The van der Waals surface area contributed by atoms with Crippen LogP contribution in [0.3, 0.4) is 0 Å². The fraction of sp³-hybridized carbons (Fsp3) is 0.733. The molecule has 1 aliphatic heterocycles. The lowest BCUT2D eigenvalue weighted by atomic mass is 9.88. The van der Waals surface area contributed by atoms with Crippen molar-refractivity contribution in [3.63, 3.8) is 0 Å². The Morgan fingerprint density at radius 1 is 1.60 bits per heavy atom. The van der Waals surface area contributed by atoms with Crippen LogP contribution in [0.15, 0.2) is 12.3 Å². The molecule has 1 saturated heterocycles. The molecule has 1 aromatic heterocycles. The zero-order valence-electron chi connectivity index (χ0n) is 12.7. The highest BCUT2D eigenvalue weighted by molar-refractivity contribution is 5.81. The molecule has 0 bridgehead atoms. The van der Waals surface area contributed by atoms with Crippen LogP contribution >= 0.6 is 0 Å². The van der Waals surface area contributed by atoms with Gasteiger partial charge in [-0.05, 0) is 58.6 Å². The lowest BCUT2D eigenvalue weighted by Gasteiger charge is -2.29. The summed E-state index contributed by atoms with van der Waals surface area (Å²) in [7, 11) is 0. The number of carbonyl (C=O) groups is 1. The largest absolute Gasteiger partial charge is 0.355 e. The van der Waals surface area contributed by atoms with Gasteiger partial charge >= 0.3 is 0 Å². The van der Waals surface area contributed by atoms with E-state index in [1.807, 2.05) is 17.8 Å². The van der Waals surface area contributed by atoms with Crippen LogP contribution in [-0.4, -0.2) is 34.8 Å². The molecule has 112 valence electrons. The van der Waals surface area contributed by atoms with E-state index in [0.717, 1.165) is 31.5 Å². The van der Waals surface area contributed by atoms with Crippen LogP contribution in [0.1, 0.15) is 45.3 Å². The van der Waals surface area contributed by atoms with Gasteiger partial charge in [0.1, 0.15) is 0 Å². The molecular weight excluding hydrogens is 252 g/mol. The molecule has 2 heterocycles. The maximum absolute atomic E-state index is 11.9. The first-order chi connectivity index (χ1) is 9.60. The Balaban J connectivity index is 1.90. The quantitative estimate of drug-likeness (QED) is 0.858. The maximum atomic E-state index is 11.9. The van der Waals surface area contributed by atoms with Gasteiger partial charge in [-0.3, -0.25) is 9.48 Å². The van der Waals surface area contributed by atoms with E-state index in [9.17, 15) is 4.79 Å². The number of carbonyl (C=O) groups excluding carboxylic acids is 1. The minimum absolute atomic E-state index is 0.0408. The van der Waals surface area contributed by atoms with Crippen molar-refractivity contribution in [2.24, 2.45) is 5.92 Å². The van der Waals surface area contributed by atoms with Crippen molar-refractivity contribution in [1.29, 1.82) is 0 Å². The van der Waals surface area contributed by atoms with Crippen LogP contribution < -0.4 is 10.6 Å². The van der Waals surface area contributed by atoms with Crippen LogP contribution in [0, 0.1) is 5.92 Å². The summed E-state index contributed by atoms with van der Waals surface area (Å²) in [6.07, 6.45) is 5.03. The molecule has 1 amide bonds. The molecule has 0 spiro atoms. The summed E-state index contributed by atoms with van der Waals surface area (Å²) in [6.45, 7) is 7.83. The molecule has 1 aliphatic rings. The smallest absolute Gasteiger partial charge is 0.237 e. The van der Waals surface area contributed by atoms with Crippen molar-refractivity contribution in [2.75, 3.05) is 13.1 Å². The monoisotopic (exact) mass is 278 g/mol. The third-order valence-electron chi connectivity index (χ3n) is 3.87. The second-order valence-corrected chi connectivity index (χ2v) is 5.88. The van der Waals surface area contributed by atoms with Gasteiger partial charge in [-0.2, -0.15) is 5.10 Å². The van der Waals surface area contributed by atoms with Crippen LogP contribution in [0.5, 0.6) is 0 Å². The molecule has 0 saturated carbocycles. The lowest BCUT2D eigenvalue weighted by molar-refractivity contribution is -0.123. The molecular formula is C15H26N4O. The topological polar surface area (TPSA) is 59.0 Å². The van der Waals surface area contributed by atoms with Crippen LogP contribution in [0.25, 0.3) is 0 Å². The van der Waals surface area contributed by atoms with Crippen molar-refractivity contribution in [3.8, 4) is 0 Å². The van der Waals surface area contributed by atoms with E-state index in [1.165, 1.54) is 0 Å². The number of piperidine rings is 1. The van der Waals surface area contributed by atoms with Crippen molar-refractivity contribution in [3.05, 3.63) is 18.0 Å². The number of hydrogen-bond acceptors (Lipinski definition) is 3. The molecule has 1 aromatic rings. The average molecular weight is 278 g/mol. The van der Waals surface area contributed by atoms with Crippen molar-refractivity contribution in [1.82, 2.24) is 20.4 Å². The Bertz CT molecular complexity index is 441. The first kappa shape index (κ1) is 15.0. The Morgan fingerprint density at radius 3 is 3.05 bits per heavy atom. The van der Waals surface area contributed by atoms with E-state index in [4.69, 9.17) is 0 Å². The zero-order chi connectivity index (χ0) is 14.5. The SMILES string of the molecule is CCNC(=O)C1CC(Cc2ccn(C(C)C)n2)CCN1. The fourth-order valence-electron chi connectivity index (χ4n) is 2.75. The van der Waals surface area contributed by atoms with Gasteiger partial charge in [-0.25, -0.2) is 0 Å². The summed E-state index contributed by atoms with van der Waals surface area (Å²) in [5.74, 6) is 0.671. The summed E-state index contributed by atoms with van der Waals surface area (Å²) in [6, 6.07) is 2.46. The number of likely N-dealkylation sites (N-methyl/N-ethyl adjacent to an activating group) is 1. The molecule has 2 atom stereocenters. The molecule has 20 heavy (non-hydrogen) atoms. The number of nitrogens with one attached hydrogen (secondary N) is 2. The predicted molar refractivity (Wildman–Crippen MR) is 79.5 cm³/mol. The fourth-order valence-corrected chi connectivity index (χ4v) is 2.75. The molecule has 5 heteroatoms. The third kappa shape index (κ3) is 3.82. The van der Waals surface area contributed by atoms with Crippen LogP contribution in [0.2, 0.25) is 0 Å². The Kier molecular flexibility index (Phi) is 5.17. The second kappa shape index (κ2) is 6.88. The van der Waals surface area contributed by atoms with Gasteiger partial charge < -0.3 is 10.6 Å². The lowest BCUT2D eigenvalue weighted by Crippen LogP contribution is -2.49. The molecule has 1 fully saturated rings. The number of hydrogen-bond donors (Lipinski definition) is 2. The number of rotatable bonds is 5. The predicted octanol–water partition coefficient (Wildman–Crippen LogP) is 1.51. The average Bonchev–Trinajstić information content (AvgIpc) is 2.88. The molecule has 0 aromatic carbocycles. The number of aromatic nitrogens is 2. The summed E-state index contributed by atoms with van der Waals surface area (Å²) >= 11 is 0. The van der Waals surface area contributed by atoms with Crippen molar-refractivity contribution < 1.29 is 4.79 Å². The molecule has 0 radical (unpaired) electrons. The minimum Gasteiger partial charge on any atom is -0.355 e. The highest BCUT2D eigenvalue weighted by atomic mass is 16.2. The minimum atomic E-state index is -0.0408. The highest BCUT2D eigenvalue weighted by Gasteiger charge is 2.26. The Morgan fingerprint density at radius 2 is 2.40 bits per heavy atom. The highest BCUT2D eigenvalue weighted by Crippen LogP contribution is 2.21. The van der Waals surface area contributed by atoms with Gasteiger partial charge in [-0.15, -0.1) is 0 Å². The van der Waals surface area contributed by atoms with E-state index in [1.54, 1.807) is 0 Å². The van der Waals surface area contributed by atoms with Crippen LogP contribution in [0.4, 0.5) is 0 Å². The van der Waals surface area contributed by atoms with Gasteiger partial charge in [0.15, 0.2) is 0 Å². The van der Waals surface area contributed by atoms with E-state index in [-0.39, 0.29) is 11.9 Å². The number of amides is 1.